The van der Waals surface area contributed by atoms with Crippen molar-refractivity contribution < 1.29 is 23.0 Å². The molecule has 2 aliphatic carbocycles. The lowest BCUT2D eigenvalue weighted by atomic mass is 9.75. The van der Waals surface area contributed by atoms with Gasteiger partial charge in [0, 0.05) is 8.95 Å². The lowest BCUT2D eigenvalue weighted by molar-refractivity contribution is 0.106. The van der Waals surface area contributed by atoms with Crippen LogP contribution in [0.4, 0.5) is 8.78 Å². The SMILES string of the molecule is CC1CCC(Oc2ccc3cc(Br)c(C4C[C@H](Oc5ccc6cc(Br)ccc6c5C(F)F)CC[C@@H]4C)cc3c2C=O)CC1. The predicted molar refractivity (Wildman–Crippen MR) is 176 cm³/mol. The zero-order valence-electron chi connectivity index (χ0n) is 24.4. The molecule has 3 atom stereocenters. The van der Waals surface area contributed by atoms with Crippen LogP contribution < -0.4 is 9.47 Å². The van der Waals surface area contributed by atoms with E-state index in [1.54, 1.807) is 18.2 Å². The maximum atomic E-state index is 14.3. The summed E-state index contributed by atoms with van der Waals surface area (Å²) in [5.41, 5.74) is 1.64. The smallest absolute Gasteiger partial charge is 0.268 e. The molecule has 3 nitrogen and oxygen atoms in total. The number of carbonyl (C=O) groups is 1. The first kappa shape index (κ1) is 30.5. The summed E-state index contributed by atoms with van der Waals surface area (Å²) in [5.74, 6) is 2.12. The van der Waals surface area contributed by atoms with Gasteiger partial charge in [-0.3, -0.25) is 4.79 Å². The van der Waals surface area contributed by atoms with Gasteiger partial charge in [0.2, 0.25) is 0 Å². The molecule has 43 heavy (non-hydrogen) atoms. The summed E-state index contributed by atoms with van der Waals surface area (Å²) < 4.78 is 43.3. The molecule has 6 rings (SSSR count). The maximum Gasteiger partial charge on any atom is 0.268 e. The van der Waals surface area contributed by atoms with Crippen LogP contribution in [0.15, 0.2) is 63.5 Å². The second-order valence-electron chi connectivity index (χ2n) is 12.5. The average molecular weight is 714 g/mol. The van der Waals surface area contributed by atoms with Gasteiger partial charge >= 0.3 is 0 Å². The van der Waals surface area contributed by atoms with E-state index in [0.717, 1.165) is 81.4 Å². The van der Waals surface area contributed by atoms with E-state index in [4.69, 9.17) is 9.47 Å². The minimum Gasteiger partial charge on any atom is -0.490 e. The molecule has 4 aromatic rings. The summed E-state index contributed by atoms with van der Waals surface area (Å²) in [6.45, 7) is 4.52. The number of alkyl halides is 2. The zero-order chi connectivity index (χ0) is 30.2. The molecule has 0 amide bonds. The molecule has 0 N–H and O–H groups in total. The van der Waals surface area contributed by atoms with Crippen molar-refractivity contribution in [3.8, 4) is 11.5 Å². The van der Waals surface area contributed by atoms with Crippen LogP contribution in [0.1, 0.15) is 92.6 Å². The first-order chi connectivity index (χ1) is 20.7. The van der Waals surface area contributed by atoms with Crippen molar-refractivity contribution in [1.29, 1.82) is 0 Å². The van der Waals surface area contributed by atoms with Crippen molar-refractivity contribution in [2.75, 3.05) is 0 Å². The largest absolute Gasteiger partial charge is 0.490 e. The highest BCUT2D eigenvalue weighted by Crippen LogP contribution is 2.45. The van der Waals surface area contributed by atoms with Gasteiger partial charge in [-0.2, -0.15) is 0 Å². The number of ether oxygens (including phenoxy) is 2. The van der Waals surface area contributed by atoms with Crippen LogP contribution in [0.5, 0.6) is 11.5 Å². The number of fused-ring (bicyclic) bond motifs is 2. The first-order valence-corrected chi connectivity index (χ1v) is 16.8. The molecule has 7 heteroatoms. The Labute approximate surface area is 268 Å². The number of halogens is 4. The summed E-state index contributed by atoms with van der Waals surface area (Å²) in [7, 11) is 0. The molecule has 2 saturated carbocycles. The van der Waals surface area contributed by atoms with Crippen LogP contribution in [-0.2, 0) is 0 Å². The number of benzene rings is 4. The zero-order valence-corrected chi connectivity index (χ0v) is 27.6. The number of hydrogen-bond acceptors (Lipinski definition) is 3. The van der Waals surface area contributed by atoms with Gasteiger partial charge in [0.25, 0.3) is 6.43 Å². The third kappa shape index (κ3) is 6.35. The highest BCUT2D eigenvalue weighted by Gasteiger charge is 2.33. The van der Waals surface area contributed by atoms with Gasteiger partial charge in [-0.25, -0.2) is 8.78 Å². The van der Waals surface area contributed by atoms with E-state index in [-0.39, 0.29) is 29.4 Å². The molecular formula is C36H36Br2F2O3. The Bertz CT molecular complexity index is 1650. The molecule has 0 aliphatic heterocycles. The predicted octanol–water partition coefficient (Wildman–Crippen LogP) is 11.6. The van der Waals surface area contributed by atoms with Gasteiger partial charge in [-0.15, -0.1) is 0 Å². The van der Waals surface area contributed by atoms with Crippen LogP contribution in [0.2, 0.25) is 0 Å². The molecule has 4 aromatic carbocycles. The van der Waals surface area contributed by atoms with Crippen LogP contribution >= 0.6 is 31.9 Å². The quantitative estimate of drug-likeness (QED) is 0.179. The summed E-state index contributed by atoms with van der Waals surface area (Å²) >= 11 is 7.25. The summed E-state index contributed by atoms with van der Waals surface area (Å²) in [6, 6.07) is 17.0. The second kappa shape index (κ2) is 12.8. The molecule has 0 heterocycles. The maximum absolute atomic E-state index is 14.3. The van der Waals surface area contributed by atoms with Gasteiger partial charge < -0.3 is 9.47 Å². The molecular weight excluding hydrogens is 678 g/mol. The van der Waals surface area contributed by atoms with Gasteiger partial charge in [-0.05, 0) is 126 Å². The standard InChI is InChI=1S/C36H36Br2F2O3/c1-20-3-9-25(10-4-20)42-33-13-6-23-16-32(38)30(18-29(23)31(33)19-41)28-17-26(11-5-21(28)2)43-34-14-7-22-15-24(37)8-12-27(22)35(34)36(39)40/h6-8,12-16,18-21,25-26,28,36H,3-5,9-11,17H2,1-2H3/t20?,21-,25?,26+,28?/m0/s1. The lowest BCUT2D eigenvalue weighted by Crippen LogP contribution is -2.29. The highest BCUT2D eigenvalue weighted by molar-refractivity contribution is 9.10. The number of hydrogen-bond donors (Lipinski definition) is 0. The van der Waals surface area contributed by atoms with Crippen LogP contribution in [-0.4, -0.2) is 18.5 Å². The summed E-state index contributed by atoms with van der Waals surface area (Å²) in [6.07, 6.45) is 4.89. The van der Waals surface area contributed by atoms with Crippen molar-refractivity contribution in [2.45, 2.75) is 83.3 Å². The van der Waals surface area contributed by atoms with Gasteiger partial charge in [0.15, 0.2) is 6.29 Å². The van der Waals surface area contributed by atoms with Crippen molar-refractivity contribution in [3.63, 3.8) is 0 Å². The van der Waals surface area contributed by atoms with Crippen molar-refractivity contribution in [3.05, 3.63) is 80.2 Å². The van der Waals surface area contributed by atoms with E-state index in [1.807, 2.05) is 24.3 Å². The monoisotopic (exact) mass is 712 g/mol. The fraction of sp³-hybridized carbons (Fsp3) is 0.417. The first-order valence-electron chi connectivity index (χ1n) is 15.3. The Morgan fingerprint density at radius 1 is 0.791 bits per heavy atom. The summed E-state index contributed by atoms with van der Waals surface area (Å²) in [4.78, 5) is 12.5. The number of rotatable bonds is 7. The fourth-order valence-electron chi connectivity index (χ4n) is 7.04. The highest BCUT2D eigenvalue weighted by atomic mass is 79.9. The van der Waals surface area contributed by atoms with Gasteiger partial charge in [0.05, 0.1) is 23.3 Å². The van der Waals surface area contributed by atoms with E-state index in [2.05, 4.69) is 57.8 Å². The van der Waals surface area contributed by atoms with Gasteiger partial charge in [-0.1, -0.05) is 63.9 Å². The molecule has 0 aromatic heterocycles. The number of aldehydes is 1. The van der Waals surface area contributed by atoms with Crippen LogP contribution in [0.25, 0.3) is 21.5 Å². The molecule has 2 aliphatic rings. The molecule has 0 saturated heterocycles. The lowest BCUT2D eigenvalue weighted by Gasteiger charge is -2.36. The van der Waals surface area contributed by atoms with Crippen molar-refractivity contribution in [1.82, 2.24) is 0 Å². The van der Waals surface area contributed by atoms with E-state index in [9.17, 15) is 13.6 Å². The Morgan fingerprint density at radius 3 is 2.19 bits per heavy atom. The van der Waals surface area contributed by atoms with Crippen LogP contribution in [0, 0.1) is 11.8 Å². The molecule has 0 spiro atoms. The Morgan fingerprint density at radius 2 is 1.47 bits per heavy atom. The van der Waals surface area contributed by atoms with E-state index < -0.39 is 6.43 Å². The second-order valence-corrected chi connectivity index (χ2v) is 14.2. The Kier molecular flexibility index (Phi) is 9.11. The molecule has 226 valence electrons. The molecule has 0 bridgehead atoms. The minimum atomic E-state index is -2.65. The average Bonchev–Trinajstić information content (AvgIpc) is 2.98. The Balaban J connectivity index is 1.30. The summed E-state index contributed by atoms with van der Waals surface area (Å²) in [5, 5.41) is 3.12. The molecule has 2 fully saturated rings. The topological polar surface area (TPSA) is 35.5 Å². The van der Waals surface area contributed by atoms with E-state index >= 15 is 0 Å². The molecule has 0 radical (unpaired) electrons. The van der Waals surface area contributed by atoms with Crippen molar-refractivity contribution in [2.24, 2.45) is 11.8 Å². The third-order valence-corrected chi connectivity index (χ3v) is 10.7. The van der Waals surface area contributed by atoms with Crippen molar-refractivity contribution >= 4 is 59.7 Å². The molecule has 1 unspecified atom stereocenters. The number of carbonyl (C=O) groups excluding carboxylic acids is 1. The Hall–Kier alpha value is -2.51. The van der Waals surface area contributed by atoms with E-state index in [1.165, 1.54) is 0 Å². The third-order valence-electron chi connectivity index (χ3n) is 9.56. The van der Waals surface area contributed by atoms with Crippen LogP contribution in [0.3, 0.4) is 0 Å². The normalized spacial score (nSPS) is 24.4. The van der Waals surface area contributed by atoms with Gasteiger partial charge in [0.1, 0.15) is 11.5 Å². The fourth-order valence-corrected chi connectivity index (χ4v) is 8.07. The minimum absolute atomic E-state index is 0.0531. The van der Waals surface area contributed by atoms with E-state index in [0.29, 0.717) is 29.0 Å².